The largest absolute Gasteiger partial charge is 0.308 e. The third-order valence-corrected chi connectivity index (χ3v) is 6.65. The first-order valence-corrected chi connectivity index (χ1v) is 9.74. The van der Waals surface area contributed by atoms with Crippen molar-refractivity contribution in [3.63, 3.8) is 0 Å². The van der Waals surface area contributed by atoms with E-state index in [1.807, 2.05) is 38.1 Å². The second-order valence-corrected chi connectivity index (χ2v) is 8.48. The molecule has 2 aromatic carbocycles. The van der Waals surface area contributed by atoms with Crippen LogP contribution in [-0.4, -0.2) is 38.3 Å². The van der Waals surface area contributed by atoms with Crippen LogP contribution in [0.5, 0.6) is 0 Å². The molecule has 0 atom stereocenters. The lowest BCUT2D eigenvalue weighted by Crippen LogP contribution is -2.33. The van der Waals surface area contributed by atoms with Crippen molar-refractivity contribution in [2.75, 3.05) is 18.5 Å². The van der Waals surface area contributed by atoms with Crippen LogP contribution in [0.3, 0.4) is 0 Å². The van der Waals surface area contributed by atoms with E-state index < -0.39 is 10.0 Å². The molecule has 0 aliphatic carbocycles. The molecule has 0 fully saturated rings. The number of hydrogen-bond acceptors (Lipinski definition) is 3. The Hall–Kier alpha value is -2.18. The first-order chi connectivity index (χ1) is 11.8. The molecule has 0 aromatic heterocycles. The zero-order chi connectivity index (χ0) is 18.2. The van der Waals surface area contributed by atoms with Gasteiger partial charge in [0.1, 0.15) is 0 Å². The molecule has 0 saturated heterocycles. The van der Waals surface area contributed by atoms with Gasteiger partial charge < -0.3 is 4.90 Å². The Bertz CT molecular complexity index is 906. The van der Waals surface area contributed by atoms with E-state index in [1.165, 1.54) is 16.4 Å². The summed E-state index contributed by atoms with van der Waals surface area (Å²) in [6.07, 6.45) is 0.815. The summed E-state index contributed by atoms with van der Waals surface area (Å²) < 4.78 is 26.6. The van der Waals surface area contributed by atoms with E-state index in [2.05, 4.69) is 0 Å². The van der Waals surface area contributed by atoms with E-state index in [4.69, 9.17) is 0 Å². The van der Waals surface area contributed by atoms with Gasteiger partial charge in [0, 0.05) is 30.9 Å². The summed E-state index contributed by atoms with van der Waals surface area (Å²) in [6.45, 7) is 4.24. The van der Waals surface area contributed by atoms with Gasteiger partial charge >= 0.3 is 0 Å². The fraction of sp³-hybridized carbons (Fsp3) is 0.316. The molecule has 1 aliphatic heterocycles. The number of para-hydroxylation sites is 1. The van der Waals surface area contributed by atoms with Crippen LogP contribution in [0.4, 0.5) is 5.69 Å². The van der Waals surface area contributed by atoms with Crippen molar-refractivity contribution in [1.82, 2.24) is 4.31 Å². The highest BCUT2D eigenvalue weighted by Gasteiger charge is 2.27. The van der Waals surface area contributed by atoms with Crippen molar-refractivity contribution in [3.05, 3.63) is 59.7 Å². The molecule has 6 heteroatoms. The summed E-state index contributed by atoms with van der Waals surface area (Å²) in [5, 5.41) is 0. The number of nitrogens with zero attached hydrogens (tertiary/aromatic N) is 2. The minimum atomic E-state index is -3.62. The summed E-state index contributed by atoms with van der Waals surface area (Å²) in [5.41, 5.74) is 2.43. The molecule has 1 aliphatic rings. The lowest BCUT2D eigenvalue weighted by Gasteiger charge is -2.22. The van der Waals surface area contributed by atoms with E-state index in [1.54, 1.807) is 24.1 Å². The molecule has 0 N–H and O–H groups in total. The smallest absolute Gasteiger partial charge is 0.258 e. The van der Waals surface area contributed by atoms with E-state index in [-0.39, 0.29) is 16.8 Å². The molecule has 0 unspecified atom stereocenters. The SMILES string of the molecule is CC(C)N(C)S(=O)(=O)c1cccc(C(=O)N2CCc3ccccc32)c1. The lowest BCUT2D eigenvalue weighted by atomic mass is 10.1. The predicted octanol–water partition coefficient (Wildman–Crippen LogP) is 2.92. The number of fused-ring (bicyclic) bond motifs is 1. The molecule has 132 valence electrons. The first kappa shape index (κ1) is 17.6. The molecular weight excluding hydrogens is 336 g/mol. The minimum absolute atomic E-state index is 0.141. The van der Waals surface area contributed by atoms with Crippen molar-refractivity contribution in [3.8, 4) is 0 Å². The van der Waals surface area contributed by atoms with Gasteiger partial charge in [-0.05, 0) is 50.1 Å². The number of anilines is 1. The Balaban J connectivity index is 1.94. The number of amides is 1. The molecule has 1 heterocycles. The summed E-state index contributed by atoms with van der Waals surface area (Å²) >= 11 is 0. The third-order valence-electron chi connectivity index (χ3n) is 4.62. The Labute approximate surface area is 148 Å². The Kier molecular flexibility index (Phi) is 4.67. The maximum absolute atomic E-state index is 12.9. The van der Waals surface area contributed by atoms with Crippen LogP contribution in [0.15, 0.2) is 53.4 Å². The average molecular weight is 358 g/mol. The van der Waals surface area contributed by atoms with E-state index in [9.17, 15) is 13.2 Å². The van der Waals surface area contributed by atoms with Crippen molar-refractivity contribution in [2.45, 2.75) is 31.2 Å². The van der Waals surface area contributed by atoms with Gasteiger partial charge in [0.25, 0.3) is 5.91 Å². The van der Waals surface area contributed by atoms with Crippen LogP contribution in [0.1, 0.15) is 29.8 Å². The van der Waals surface area contributed by atoms with Gasteiger partial charge in [-0.1, -0.05) is 24.3 Å². The van der Waals surface area contributed by atoms with E-state index in [0.29, 0.717) is 12.1 Å². The fourth-order valence-corrected chi connectivity index (χ4v) is 4.35. The number of carbonyl (C=O) groups is 1. The molecule has 0 radical (unpaired) electrons. The third kappa shape index (κ3) is 3.19. The van der Waals surface area contributed by atoms with E-state index in [0.717, 1.165) is 17.7 Å². The average Bonchev–Trinajstić information content (AvgIpc) is 3.04. The molecule has 0 bridgehead atoms. The highest BCUT2D eigenvalue weighted by atomic mass is 32.2. The summed E-state index contributed by atoms with van der Waals surface area (Å²) in [5.74, 6) is -0.172. The monoisotopic (exact) mass is 358 g/mol. The van der Waals surface area contributed by atoms with Crippen LogP contribution >= 0.6 is 0 Å². The van der Waals surface area contributed by atoms with Gasteiger partial charge in [0.05, 0.1) is 4.90 Å². The van der Waals surface area contributed by atoms with Gasteiger partial charge in [-0.3, -0.25) is 4.79 Å². The lowest BCUT2D eigenvalue weighted by molar-refractivity contribution is 0.0989. The van der Waals surface area contributed by atoms with Crippen molar-refractivity contribution < 1.29 is 13.2 Å². The van der Waals surface area contributed by atoms with Crippen LogP contribution in [0, 0.1) is 0 Å². The van der Waals surface area contributed by atoms with Gasteiger partial charge in [-0.25, -0.2) is 8.42 Å². The molecule has 1 amide bonds. The Morgan fingerprint density at radius 2 is 1.84 bits per heavy atom. The summed E-state index contributed by atoms with van der Waals surface area (Å²) in [6, 6.07) is 13.9. The topological polar surface area (TPSA) is 57.7 Å². The second kappa shape index (κ2) is 6.61. The standard InChI is InChI=1S/C19H22N2O3S/c1-14(2)20(3)25(23,24)17-9-6-8-16(13-17)19(22)21-12-11-15-7-4-5-10-18(15)21/h4-10,13-14H,11-12H2,1-3H3. The maximum Gasteiger partial charge on any atom is 0.258 e. The predicted molar refractivity (Wildman–Crippen MR) is 98.3 cm³/mol. The quantitative estimate of drug-likeness (QED) is 0.844. The van der Waals surface area contributed by atoms with Crippen LogP contribution in [0.25, 0.3) is 0 Å². The molecule has 5 nitrogen and oxygen atoms in total. The molecule has 3 rings (SSSR count). The number of rotatable bonds is 4. The van der Waals surface area contributed by atoms with Crippen LogP contribution in [-0.2, 0) is 16.4 Å². The van der Waals surface area contributed by atoms with Crippen LogP contribution in [0.2, 0.25) is 0 Å². The van der Waals surface area contributed by atoms with Gasteiger partial charge in [0.15, 0.2) is 0 Å². The molecule has 0 saturated carbocycles. The molecule has 2 aromatic rings. The fourth-order valence-electron chi connectivity index (χ4n) is 2.94. The second-order valence-electron chi connectivity index (χ2n) is 6.48. The molecular formula is C19H22N2O3S. The number of sulfonamides is 1. The van der Waals surface area contributed by atoms with Gasteiger partial charge in [-0.2, -0.15) is 4.31 Å². The minimum Gasteiger partial charge on any atom is -0.308 e. The van der Waals surface area contributed by atoms with Gasteiger partial charge in [-0.15, -0.1) is 0 Å². The van der Waals surface area contributed by atoms with Crippen molar-refractivity contribution in [2.24, 2.45) is 0 Å². The zero-order valence-electron chi connectivity index (χ0n) is 14.6. The van der Waals surface area contributed by atoms with Gasteiger partial charge in [0.2, 0.25) is 10.0 Å². The maximum atomic E-state index is 12.9. The molecule has 25 heavy (non-hydrogen) atoms. The number of benzene rings is 2. The highest BCUT2D eigenvalue weighted by Crippen LogP contribution is 2.29. The summed E-state index contributed by atoms with van der Waals surface area (Å²) in [7, 11) is -2.07. The highest BCUT2D eigenvalue weighted by molar-refractivity contribution is 7.89. The summed E-state index contributed by atoms with van der Waals surface area (Å²) in [4.78, 5) is 14.8. The van der Waals surface area contributed by atoms with E-state index >= 15 is 0 Å². The Morgan fingerprint density at radius 1 is 1.12 bits per heavy atom. The Morgan fingerprint density at radius 3 is 2.56 bits per heavy atom. The number of hydrogen-bond donors (Lipinski definition) is 0. The normalized spacial score (nSPS) is 14.2. The van der Waals surface area contributed by atoms with Crippen LogP contribution < -0.4 is 4.90 Å². The zero-order valence-corrected chi connectivity index (χ0v) is 15.5. The first-order valence-electron chi connectivity index (χ1n) is 8.30. The van der Waals surface area contributed by atoms with Crippen molar-refractivity contribution >= 4 is 21.6 Å². The molecule has 0 spiro atoms. The number of carbonyl (C=O) groups excluding carboxylic acids is 1. The van der Waals surface area contributed by atoms with Crippen molar-refractivity contribution in [1.29, 1.82) is 0 Å².